The highest BCUT2D eigenvalue weighted by Crippen LogP contribution is 2.40. The van der Waals surface area contributed by atoms with Crippen LogP contribution in [-0.2, 0) is 9.47 Å². The number of hydrogen-bond donors (Lipinski definition) is 1. The van der Waals surface area contributed by atoms with Gasteiger partial charge in [0.1, 0.15) is 5.75 Å². The van der Waals surface area contributed by atoms with Crippen LogP contribution in [0.5, 0.6) is 5.75 Å². The van der Waals surface area contributed by atoms with Gasteiger partial charge >= 0.3 is 0 Å². The van der Waals surface area contributed by atoms with Crippen molar-refractivity contribution in [2.75, 3.05) is 34.5 Å². The van der Waals surface area contributed by atoms with Gasteiger partial charge in [-0.1, -0.05) is 18.2 Å². The lowest BCUT2D eigenvalue weighted by molar-refractivity contribution is -0.110. The van der Waals surface area contributed by atoms with Gasteiger partial charge in [-0.15, -0.1) is 0 Å². The highest BCUT2D eigenvalue weighted by molar-refractivity contribution is 5.37. The smallest absolute Gasteiger partial charge is 0.123 e. The molecule has 1 aromatic rings. The first-order valence-electron chi connectivity index (χ1n) is 6.70. The Kier molecular flexibility index (Phi) is 4.80. The number of para-hydroxylation sites is 1. The second-order valence-corrected chi connectivity index (χ2v) is 4.84. The number of benzene rings is 1. The second kappa shape index (κ2) is 6.37. The zero-order chi connectivity index (χ0) is 13.7. The lowest BCUT2D eigenvalue weighted by Gasteiger charge is -2.42. The molecule has 0 amide bonds. The summed E-state index contributed by atoms with van der Waals surface area (Å²) in [5.41, 5.74) is 0.901. The number of likely N-dealkylation sites (N-methyl/N-ethyl adjacent to an activating group) is 1. The van der Waals surface area contributed by atoms with Crippen molar-refractivity contribution in [1.29, 1.82) is 0 Å². The molecule has 0 aliphatic carbocycles. The van der Waals surface area contributed by atoms with E-state index in [9.17, 15) is 0 Å². The molecule has 4 heteroatoms. The van der Waals surface area contributed by atoms with Crippen molar-refractivity contribution in [2.45, 2.75) is 24.5 Å². The van der Waals surface area contributed by atoms with E-state index in [1.165, 1.54) is 0 Å². The van der Waals surface area contributed by atoms with Gasteiger partial charge in [0.2, 0.25) is 0 Å². The third kappa shape index (κ3) is 2.76. The van der Waals surface area contributed by atoms with E-state index >= 15 is 0 Å². The number of hydrogen-bond acceptors (Lipinski definition) is 4. The van der Waals surface area contributed by atoms with Crippen LogP contribution in [0.2, 0.25) is 0 Å². The van der Waals surface area contributed by atoms with E-state index in [0.29, 0.717) is 0 Å². The van der Waals surface area contributed by atoms with E-state index in [-0.39, 0.29) is 11.6 Å². The molecule has 1 N–H and O–H groups in total. The number of nitrogens with one attached hydrogen (secondary N) is 1. The van der Waals surface area contributed by atoms with Gasteiger partial charge < -0.3 is 19.5 Å². The molecule has 0 bridgehead atoms. The molecule has 1 unspecified atom stereocenters. The van der Waals surface area contributed by atoms with Crippen molar-refractivity contribution >= 4 is 0 Å². The van der Waals surface area contributed by atoms with E-state index in [0.717, 1.165) is 37.4 Å². The van der Waals surface area contributed by atoms with E-state index in [1.807, 2.05) is 25.2 Å². The van der Waals surface area contributed by atoms with E-state index in [2.05, 4.69) is 11.4 Å². The lowest BCUT2D eigenvalue weighted by Crippen LogP contribution is -2.48. The normalized spacial score (nSPS) is 19.9. The molecule has 0 saturated carbocycles. The number of rotatable bonds is 5. The quantitative estimate of drug-likeness (QED) is 0.885. The number of methoxy groups -OCH3 is 2. The van der Waals surface area contributed by atoms with Gasteiger partial charge in [-0.3, -0.25) is 0 Å². The first kappa shape index (κ1) is 14.3. The Morgan fingerprint density at radius 2 is 1.89 bits per heavy atom. The van der Waals surface area contributed by atoms with Crippen LogP contribution < -0.4 is 10.1 Å². The Hall–Kier alpha value is -1.10. The van der Waals surface area contributed by atoms with Crippen LogP contribution in [-0.4, -0.2) is 40.1 Å². The zero-order valence-corrected chi connectivity index (χ0v) is 11.9. The third-order valence-electron chi connectivity index (χ3n) is 4.01. The largest absolute Gasteiger partial charge is 0.496 e. The van der Waals surface area contributed by atoms with Gasteiger partial charge in [0.15, 0.2) is 0 Å². The van der Waals surface area contributed by atoms with Crippen LogP contribution in [0.4, 0.5) is 0 Å². The Morgan fingerprint density at radius 1 is 1.21 bits per heavy atom. The standard InChI is InChI=1S/C15H23NO3/c1-16-14(12-6-4-5-7-13(12)17-2)15(18-3)8-10-19-11-9-15/h4-7,14,16H,8-11H2,1-3H3. The summed E-state index contributed by atoms with van der Waals surface area (Å²) in [5, 5.41) is 3.39. The monoisotopic (exact) mass is 265 g/mol. The van der Waals surface area contributed by atoms with Crippen LogP contribution >= 0.6 is 0 Å². The summed E-state index contributed by atoms with van der Waals surface area (Å²) in [6.07, 6.45) is 1.76. The molecule has 1 aliphatic heterocycles. The maximum Gasteiger partial charge on any atom is 0.123 e. The summed E-state index contributed by atoms with van der Waals surface area (Å²) < 4.78 is 16.8. The summed E-state index contributed by atoms with van der Waals surface area (Å²) in [7, 11) is 5.45. The molecular weight excluding hydrogens is 242 g/mol. The molecule has 1 aliphatic rings. The maximum absolute atomic E-state index is 5.89. The highest BCUT2D eigenvalue weighted by Gasteiger charge is 2.41. The van der Waals surface area contributed by atoms with Crippen molar-refractivity contribution in [2.24, 2.45) is 0 Å². The van der Waals surface area contributed by atoms with Crippen LogP contribution in [0.15, 0.2) is 24.3 Å². The Balaban J connectivity index is 2.36. The molecular formula is C15H23NO3. The summed E-state index contributed by atoms with van der Waals surface area (Å²) in [4.78, 5) is 0. The summed E-state index contributed by atoms with van der Waals surface area (Å²) >= 11 is 0. The molecule has 1 heterocycles. The summed E-state index contributed by atoms with van der Waals surface area (Å²) in [5.74, 6) is 0.893. The summed E-state index contributed by atoms with van der Waals surface area (Å²) in [6, 6.07) is 8.19. The molecule has 106 valence electrons. The minimum Gasteiger partial charge on any atom is -0.496 e. The van der Waals surface area contributed by atoms with Crippen LogP contribution in [0.3, 0.4) is 0 Å². The van der Waals surface area contributed by atoms with Gasteiger partial charge in [0.25, 0.3) is 0 Å². The molecule has 0 aromatic heterocycles. The minimum atomic E-state index is -0.234. The predicted octanol–water partition coefficient (Wildman–Crippen LogP) is 2.15. The molecule has 1 fully saturated rings. The fourth-order valence-electron chi connectivity index (χ4n) is 2.93. The molecule has 1 aromatic carbocycles. The van der Waals surface area contributed by atoms with Crippen molar-refractivity contribution < 1.29 is 14.2 Å². The fraction of sp³-hybridized carbons (Fsp3) is 0.600. The first-order chi connectivity index (χ1) is 9.27. The second-order valence-electron chi connectivity index (χ2n) is 4.84. The van der Waals surface area contributed by atoms with Crippen molar-refractivity contribution in [3.63, 3.8) is 0 Å². The van der Waals surface area contributed by atoms with Crippen molar-refractivity contribution in [3.8, 4) is 5.75 Å². The van der Waals surface area contributed by atoms with Crippen LogP contribution in [0, 0.1) is 0 Å². The highest BCUT2D eigenvalue weighted by atomic mass is 16.5. The van der Waals surface area contributed by atoms with Gasteiger partial charge in [-0.05, 0) is 13.1 Å². The SMILES string of the molecule is CNC(c1ccccc1OC)C1(OC)CCOCC1. The number of ether oxygens (including phenoxy) is 3. The maximum atomic E-state index is 5.89. The van der Waals surface area contributed by atoms with Gasteiger partial charge in [0.05, 0.1) is 18.8 Å². The average Bonchev–Trinajstić information content (AvgIpc) is 2.49. The molecule has 1 saturated heterocycles. The topological polar surface area (TPSA) is 39.7 Å². The molecule has 4 nitrogen and oxygen atoms in total. The van der Waals surface area contributed by atoms with Crippen LogP contribution in [0.1, 0.15) is 24.4 Å². The van der Waals surface area contributed by atoms with E-state index in [1.54, 1.807) is 14.2 Å². The molecule has 19 heavy (non-hydrogen) atoms. The van der Waals surface area contributed by atoms with E-state index in [4.69, 9.17) is 14.2 Å². The fourth-order valence-corrected chi connectivity index (χ4v) is 2.93. The average molecular weight is 265 g/mol. The summed E-state index contributed by atoms with van der Waals surface area (Å²) in [6.45, 7) is 1.47. The Morgan fingerprint density at radius 3 is 2.47 bits per heavy atom. The third-order valence-corrected chi connectivity index (χ3v) is 4.01. The predicted molar refractivity (Wildman–Crippen MR) is 74.6 cm³/mol. The first-order valence-corrected chi connectivity index (χ1v) is 6.70. The molecule has 0 spiro atoms. The molecule has 1 atom stereocenters. The van der Waals surface area contributed by atoms with Crippen molar-refractivity contribution in [3.05, 3.63) is 29.8 Å². The van der Waals surface area contributed by atoms with Gasteiger partial charge in [-0.25, -0.2) is 0 Å². The minimum absolute atomic E-state index is 0.0950. The Labute approximate surface area is 115 Å². The zero-order valence-electron chi connectivity index (χ0n) is 11.9. The Bertz CT molecular complexity index is 402. The van der Waals surface area contributed by atoms with Gasteiger partial charge in [-0.2, -0.15) is 0 Å². The van der Waals surface area contributed by atoms with E-state index < -0.39 is 0 Å². The van der Waals surface area contributed by atoms with Gasteiger partial charge in [0, 0.05) is 38.7 Å². The molecule has 0 radical (unpaired) electrons. The molecule has 2 rings (SSSR count). The van der Waals surface area contributed by atoms with Crippen molar-refractivity contribution in [1.82, 2.24) is 5.32 Å². The van der Waals surface area contributed by atoms with Crippen LogP contribution in [0.25, 0.3) is 0 Å². The lowest BCUT2D eigenvalue weighted by atomic mass is 9.82.